The second-order valence-electron chi connectivity index (χ2n) is 5.40. The second kappa shape index (κ2) is 6.57. The Balaban J connectivity index is 2.06. The molecule has 0 saturated heterocycles. The highest BCUT2D eigenvalue weighted by atomic mass is 16.5. The minimum absolute atomic E-state index is 0.320. The summed E-state index contributed by atoms with van der Waals surface area (Å²) in [4.78, 5) is 0. The Morgan fingerprint density at radius 3 is 2.45 bits per heavy atom. The molecule has 1 unspecified atom stereocenters. The number of ether oxygens (including phenoxy) is 1. The van der Waals surface area contributed by atoms with E-state index in [1.807, 2.05) is 36.3 Å². The highest BCUT2D eigenvalue weighted by molar-refractivity contribution is 5.29. The van der Waals surface area contributed by atoms with E-state index in [0.29, 0.717) is 12.0 Å². The zero-order valence-corrected chi connectivity index (χ0v) is 12.6. The highest BCUT2D eigenvalue weighted by Gasteiger charge is 2.15. The van der Waals surface area contributed by atoms with E-state index in [2.05, 4.69) is 36.4 Å². The van der Waals surface area contributed by atoms with Crippen molar-refractivity contribution in [2.24, 2.45) is 13.0 Å². The number of hydrogen-bond acceptors (Lipinski definition) is 3. The molecule has 0 saturated carbocycles. The zero-order valence-electron chi connectivity index (χ0n) is 12.6. The molecule has 2 rings (SSSR count). The van der Waals surface area contributed by atoms with Crippen molar-refractivity contribution in [3.63, 3.8) is 0 Å². The summed E-state index contributed by atoms with van der Waals surface area (Å²) in [6.45, 7) is 5.28. The topological polar surface area (TPSA) is 39.1 Å². The molecule has 0 aliphatic heterocycles. The lowest BCUT2D eigenvalue weighted by Gasteiger charge is -2.23. The largest absolute Gasteiger partial charge is 0.497 e. The first-order valence-electron chi connectivity index (χ1n) is 6.95. The molecule has 4 nitrogen and oxygen atoms in total. The molecule has 0 radical (unpaired) electrons. The molecule has 1 N–H and O–H groups in total. The van der Waals surface area contributed by atoms with Gasteiger partial charge in [0.05, 0.1) is 13.3 Å². The number of methoxy groups -OCH3 is 1. The maximum Gasteiger partial charge on any atom is 0.118 e. The molecular weight excluding hydrogens is 250 g/mol. The van der Waals surface area contributed by atoms with Crippen LogP contribution in [0.15, 0.2) is 36.7 Å². The highest BCUT2D eigenvalue weighted by Crippen LogP contribution is 2.24. The monoisotopic (exact) mass is 273 g/mol. The first-order valence-corrected chi connectivity index (χ1v) is 6.95. The van der Waals surface area contributed by atoms with E-state index >= 15 is 0 Å². The van der Waals surface area contributed by atoms with Gasteiger partial charge in [-0.2, -0.15) is 5.10 Å². The Morgan fingerprint density at radius 2 is 1.95 bits per heavy atom. The van der Waals surface area contributed by atoms with Crippen LogP contribution in [0.25, 0.3) is 0 Å². The third-order valence-electron chi connectivity index (χ3n) is 3.43. The molecule has 20 heavy (non-hydrogen) atoms. The second-order valence-corrected chi connectivity index (χ2v) is 5.40. The molecule has 1 aromatic heterocycles. The van der Waals surface area contributed by atoms with Gasteiger partial charge in [-0.15, -0.1) is 0 Å². The van der Waals surface area contributed by atoms with E-state index in [4.69, 9.17) is 4.74 Å². The van der Waals surface area contributed by atoms with E-state index in [9.17, 15) is 0 Å². The van der Waals surface area contributed by atoms with E-state index in [-0.39, 0.29) is 0 Å². The molecule has 1 aromatic carbocycles. The Bertz CT molecular complexity index is 531. The van der Waals surface area contributed by atoms with Crippen molar-refractivity contribution >= 4 is 0 Å². The first kappa shape index (κ1) is 14.6. The molecule has 0 bridgehead atoms. The van der Waals surface area contributed by atoms with Crippen LogP contribution in [0.5, 0.6) is 5.75 Å². The number of rotatable bonds is 6. The summed E-state index contributed by atoms with van der Waals surface area (Å²) in [6, 6.07) is 8.59. The molecule has 0 fully saturated rings. The molecular formula is C16H23N3O. The van der Waals surface area contributed by atoms with Crippen molar-refractivity contribution in [3.8, 4) is 5.75 Å². The molecule has 108 valence electrons. The van der Waals surface area contributed by atoms with E-state index in [1.165, 1.54) is 11.1 Å². The van der Waals surface area contributed by atoms with Gasteiger partial charge in [0, 0.05) is 31.4 Å². The number of aromatic nitrogens is 2. The van der Waals surface area contributed by atoms with Crippen molar-refractivity contribution < 1.29 is 4.74 Å². The predicted molar refractivity (Wildman–Crippen MR) is 80.6 cm³/mol. The van der Waals surface area contributed by atoms with Gasteiger partial charge < -0.3 is 10.1 Å². The molecule has 0 aliphatic rings. The fourth-order valence-corrected chi connectivity index (χ4v) is 2.34. The molecule has 4 heteroatoms. The SMILES string of the molecule is COc1ccc(C(NCc2cnn(C)c2)C(C)C)cc1. The Labute approximate surface area is 120 Å². The summed E-state index contributed by atoms with van der Waals surface area (Å²) in [7, 11) is 3.63. The van der Waals surface area contributed by atoms with Crippen LogP contribution >= 0.6 is 0 Å². The van der Waals surface area contributed by atoms with Crippen LogP contribution in [0.1, 0.15) is 31.0 Å². The Kier molecular flexibility index (Phi) is 4.79. The third-order valence-corrected chi connectivity index (χ3v) is 3.43. The quantitative estimate of drug-likeness (QED) is 0.879. The number of nitrogens with one attached hydrogen (secondary N) is 1. The van der Waals surface area contributed by atoms with Gasteiger partial charge >= 0.3 is 0 Å². The average molecular weight is 273 g/mol. The number of aryl methyl sites for hydroxylation is 1. The lowest BCUT2D eigenvalue weighted by molar-refractivity contribution is 0.404. The number of benzene rings is 1. The molecule has 0 spiro atoms. The lowest BCUT2D eigenvalue weighted by atomic mass is 9.96. The molecule has 2 aromatic rings. The van der Waals surface area contributed by atoms with Crippen LogP contribution in [0.4, 0.5) is 0 Å². The summed E-state index contributed by atoms with van der Waals surface area (Å²) < 4.78 is 7.04. The zero-order chi connectivity index (χ0) is 14.5. The molecule has 1 atom stereocenters. The Morgan fingerprint density at radius 1 is 1.25 bits per heavy atom. The van der Waals surface area contributed by atoms with Gasteiger partial charge in [-0.25, -0.2) is 0 Å². The van der Waals surface area contributed by atoms with Crippen molar-refractivity contribution in [2.45, 2.75) is 26.4 Å². The maximum atomic E-state index is 5.21. The number of nitrogens with zero attached hydrogens (tertiary/aromatic N) is 2. The van der Waals surface area contributed by atoms with Crippen molar-refractivity contribution in [1.82, 2.24) is 15.1 Å². The summed E-state index contributed by atoms with van der Waals surface area (Å²) >= 11 is 0. The number of hydrogen-bond donors (Lipinski definition) is 1. The van der Waals surface area contributed by atoms with Gasteiger partial charge in [0.2, 0.25) is 0 Å². The lowest BCUT2D eigenvalue weighted by Crippen LogP contribution is -2.25. The van der Waals surface area contributed by atoms with Crippen LogP contribution in [-0.4, -0.2) is 16.9 Å². The van der Waals surface area contributed by atoms with Crippen molar-refractivity contribution in [3.05, 3.63) is 47.8 Å². The average Bonchev–Trinajstić information content (AvgIpc) is 2.85. The minimum atomic E-state index is 0.320. The van der Waals surface area contributed by atoms with Crippen LogP contribution in [0.2, 0.25) is 0 Å². The fraction of sp³-hybridized carbons (Fsp3) is 0.438. The Hall–Kier alpha value is -1.81. The van der Waals surface area contributed by atoms with Crippen LogP contribution in [0.3, 0.4) is 0 Å². The van der Waals surface area contributed by atoms with E-state index < -0.39 is 0 Å². The predicted octanol–water partition coefficient (Wildman–Crippen LogP) is 2.92. The molecule has 1 heterocycles. The summed E-state index contributed by atoms with van der Waals surface area (Å²) in [5, 5.41) is 7.80. The van der Waals surface area contributed by atoms with Crippen LogP contribution in [-0.2, 0) is 13.6 Å². The maximum absolute atomic E-state index is 5.21. The van der Waals surface area contributed by atoms with Gasteiger partial charge in [0.25, 0.3) is 0 Å². The normalized spacial score (nSPS) is 12.7. The van der Waals surface area contributed by atoms with E-state index in [0.717, 1.165) is 12.3 Å². The molecule has 0 amide bonds. The minimum Gasteiger partial charge on any atom is -0.497 e. The van der Waals surface area contributed by atoms with Gasteiger partial charge in [-0.05, 0) is 23.6 Å². The molecule has 0 aliphatic carbocycles. The standard InChI is InChI=1S/C16H23N3O/c1-12(2)16(14-5-7-15(20-4)8-6-14)17-9-13-10-18-19(3)11-13/h5-8,10-12,16-17H,9H2,1-4H3. The summed E-state index contributed by atoms with van der Waals surface area (Å²) in [5.74, 6) is 1.41. The first-order chi connectivity index (χ1) is 9.60. The van der Waals surface area contributed by atoms with Crippen molar-refractivity contribution in [2.75, 3.05) is 7.11 Å². The van der Waals surface area contributed by atoms with Gasteiger partial charge in [0.1, 0.15) is 5.75 Å². The van der Waals surface area contributed by atoms with Gasteiger partial charge in [0.15, 0.2) is 0 Å². The third kappa shape index (κ3) is 3.61. The van der Waals surface area contributed by atoms with Crippen LogP contribution < -0.4 is 10.1 Å². The summed E-state index contributed by atoms with van der Waals surface area (Å²) in [6.07, 6.45) is 3.94. The van der Waals surface area contributed by atoms with E-state index in [1.54, 1.807) is 7.11 Å². The smallest absolute Gasteiger partial charge is 0.118 e. The van der Waals surface area contributed by atoms with Gasteiger partial charge in [-0.3, -0.25) is 4.68 Å². The van der Waals surface area contributed by atoms with Crippen LogP contribution in [0, 0.1) is 5.92 Å². The van der Waals surface area contributed by atoms with Gasteiger partial charge in [-0.1, -0.05) is 26.0 Å². The van der Waals surface area contributed by atoms with Crippen molar-refractivity contribution in [1.29, 1.82) is 0 Å². The fourth-order valence-electron chi connectivity index (χ4n) is 2.34. The summed E-state index contributed by atoms with van der Waals surface area (Å²) in [5.41, 5.74) is 2.48.